The van der Waals surface area contributed by atoms with Gasteiger partial charge in [-0.1, -0.05) is 54.2 Å². The summed E-state index contributed by atoms with van der Waals surface area (Å²) in [6.07, 6.45) is 3.65. The van der Waals surface area contributed by atoms with E-state index in [1.165, 1.54) is 5.56 Å². The minimum absolute atomic E-state index is 0.0381. The Morgan fingerprint density at radius 3 is 2.59 bits per heavy atom. The fourth-order valence-corrected chi connectivity index (χ4v) is 4.11. The van der Waals surface area contributed by atoms with E-state index in [1.54, 1.807) is 18.0 Å². The summed E-state index contributed by atoms with van der Waals surface area (Å²) in [5, 5.41) is 3.78. The maximum atomic E-state index is 11.9. The molecule has 1 amide bonds. The van der Waals surface area contributed by atoms with Gasteiger partial charge < -0.3 is 9.88 Å². The molecule has 5 nitrogen and oxygen atoms in total. The Kier molecular flexibility index (Phi) is 5.91. The van der Waals surface area contributed by atoms with Crippen LogP contribution in [0.3, 0.4) is 0 Å². The number of fused-ring (bicyclic) bond motifs is 1. The minimum atomic E-state index is -0.0381. The Bertz CT molecular complexity index is 1110. The molecule has 0 aliphatic rings. The Morgan fingerprint density at radius 2 is 1.83 bits per heavy atom. The smallest absolute Gasteiger partial charge is 0.251 e. The van der Waals surface area contributed by atoms with Gasteiger partial charge in [0.1, 0.15) is 0 Å². The van der Waals surface area contributed by atoms with Crippen LogP contribution in [0.2, 0.25) is 0 Å². The van der Waals surface area contributed by atoms with E-state index in [-0.39, 0.29) is 5.91 Å². The third kappa shape index (κ3) is 4.49. The number of hydrogen-bond acceptors (Lipinski definition) is 4. The van der Waals surface area contributed by atoms with Crippen molar-refractivity contribution in [3.05, 3.63) is 89.7 Å². The van der Waals surface area contributed by atoms with E-state index in [9.17, 15) is 4.79 Å². The molecule has 0 aliphatic carbocycles. The molecule has 0 saturated carbocycles. The van der Waals surface area contributed by atoms with Gasteiger partial charge in [0.2, 0.25) is 0 Å². The third-order valence-corrected chi connectivity index (χ3v) is 5.67. The fraction of sp³-hybridized carbons (Fsp3) is 0.174. The Morgan fingerprint density at radius 1 is 1.03 bits per heavy atom. The molecule has 0 saturated heterocycles. The summed E-state index contributed by atoms with van der Waals surface area (Å²) in [6.45, 7) is 3.30. The number of benzene rings is 2. The number of thioether (sulfide) groups is 1. The molecule has 29 heavy (non-hydrogen) atoms. The maximum Gasteiger partial charge on any atom is 0.251 e. The summed E-state index contributed by atoms with van der Waals surface area (Å²) in [5.74, 6) is 0.741. The lowest BCUT2D eigenvalue weighted by Gasteiger charge is -2.09. The van der Waals surface area contributed by atoms with Gasteiger partial charge in [-0.05, 0) is 36.2 Å². The number of pyridine rings is 1. The standard InChI is InChI=1S/C23H22N4OS/c1-2-25-22(28)19-10-8-18(9-11-19)16-29-23-26-20-12-13-24-14-21(20)27(23)15-17-6-4-3-5-7-17/h3-14H,2,15-16H2,1H3,(H,25,28). The van der Waals surface area contributed by atoms with Crippen molar-refractivity contribution in [1.82, 2.24) is 19.9 Å². The number of imidazole rings is 1. The molecule has 6 heteroatoms. The largest absolute Gasteiger partial charge is 0.352 e. The van der Waals surface area contributed by atoms with Crippen molar-refractivity contribution in [3.8, 4) is 0 Å². The van der Waals surface area contributed by atoms with Gasteiger partial charge in [0, 0.05) is 24.1 Å². The summed E-state index contributed by atoms with van der Waals surface area (Å²) in [6, 6.07) is 20.1. The molecule has 0 unspecified atom stereocenters. The number of rotatable bonds is 7. The second-order valence-electron chi connectivity index (χ2n) is 6.68. The molecule has 0 spiro atoms. The summed E-state index contributed by atoms with van der Waals surface area (Å²) < 4.78 is 2.21. The van der Waals surface area contributed by atoms with Gasteiger partial charge in [-0.3, -0.25) is 9.78 Å². The van der Waals surface area contributed by atoms with E-state index in [0.29, 0.717) is 12.1 Å². The highest BCUT2D eigenvalue weighted by Gasteiger charge is 2.12. The van der Waals surface area contributed by atoms with Gasteiger partial charge >= 0.3 is 0 Å². The zero-order valence-corrected chi connectivity index (χ0v) is 17.0. The van der Waals surface area contributed by atoms with Crippen LogP contribution in [0.5, 0.6) is 0 Å². The predicted molar refractivity (Wildman–Crippen MR) is 117 cm³/mol. The first-order chi connectivity index (χ1) is 14.2. The van der Waals surface area contributed by atoms with Crippen LogP contribution in [-0.4, -0.2) is 27.0 Å². The summed E-state index contributed by atoms with van der Waals surface area (Å²) in [7, 11) is 0. The molecule has 0 bridgehead atoms. The molecular weight excluding hydrogens is 380 g/mol. The molecule has 0 aliphatic heterocycles. The van der Waals surface area contributed by atoms with Crippen molar-refractivity contribution in [2.45, 2.75) is 24.4 Å². The number of aromatic nitrogens is 3. The van der Waals surface area contributed by atoms with E-state index in [0.717, 1.165) is 34.1 Å². The van der Waals surface area contributed by atoms with Gasteiger partial charge in [-0.25, -0.2) is 4.98 Å². The van der Waals surface area contributed by atoms with Gasteiger partial charge in [0.25, 0.3) is 5.91 Å². The first-order valence-electron chi connectivity index (χ1n) is 9.58. The van der Waals surface area contributed by atoms with E-state index in [1.807, 2.05) is 49.5 Å². The van der Waals surface area contributed by atoms with Crippen LogP contribution in [0, 0.1) is 0 Å². The zero-order chi connectivity index (χ0) is 20.1. The molecular formula is C23H22N4OS. The average molecular weight is 403 g/mol. The molecule has 4 rings (SSSR count). The van der Waals surface area contributed by atoms with Gasteiger partial charge in [0.05, 0.1) is 23.8 Å². The molecule has 0 radical (unpaired) electrons. The monoisotopic (exact) mass is 402 g/mol. The number of nitrogens with zero attached hydrogens (tertiary/aromatic N) is 3. The minimum Gasteiger partial charge on any atom is -0.352 e. The van der Waals surface area contributed by atoms with Crippen LogP contribution in [-0.2, 0) is 12.3 Å². The second kappa shape index (κ2) is 8.92. The summed E-state index contributed by atoms with van der Waals surface area (Å²) >= 11 is 1.69. The molecule has 4 aromatic rings. The van der Waals surface area contributed by atoms with Crippen molar-refractivity contribution in [2.75, 3.05) is 6.54 Å². The molecule has 0 fully saturated rings. The molecule has 2 aromatic carbocycles. The van der Waals surface area contributed by atoms with Gasteiger partial charge in [-0.15, -0.1) is 0 Å². The number of nitrogens with one attached hydrogen (secondary N) is 1. The van der Waals surface area contributed by atoms with Crippen LogP contribution in [0.4, 0.5) is 0 Å². The van der Waals surface area contributed by atoms with E-state index in [4.69, 9.17) is 4.98 Å². The number of amides is 1. The van der Waals surface area contributed by atoms with Crippen LogP contribution in [0.25, 0.3) is 11.0 Å². The molecule has 2 heterocycles. The molecule has 0 atom stereocenters. The average Bonchev–Trinajstić information content (AvgIpc) is 3.11. The first kappa shape index (κ1) is 19.2. The molecule has 2 aromatic heterocycles. The van der Waals surface area contributed by atoms with Crippen LogP contribution < -0.4 is 5.32 Å². The molecule has 146 valence electrons. The van der Waals surface area contributed by atoms with E-state index >= 15 is 0 Å². The maximum absolute atomic E-state index is 11.9. The number of hydrogen-bond donors (Lipinski definition) is 1. The van der Waals surface area contributed by atoms with Gasteiger partial charge in [0.15, 0.2) is 5.16 Å². The Labute approximate surface area is 174 Å². The van der Waals surface area contributed by atoms with Crippen molar-refractivity contribution < 1.29 is 4.79 Å². The quantitative estimate of drug-likeness (QED) is 0.462. The summed E-state index contributed by atoms with van der Waals surface area (Å²) in [4.78, 5) is 21.0. The number of carbonyl (C=O) groups is 1. The third-order valence-electron chi connectivity index (χ3n) is 4.62. The predicted octanol–water partition coefficient (Wildman–Crippen LogP) is 4.52. The Hall–Kier alpha value is -3.12. The van der Waals surface area contributed by atoms with Crippen LogP contribution in [0.15, 0.2) is 78.2 Å². The highest BCUT2D eigenvalue weighted by Crippen LogP contribution is 2.27. The highest BCUT2D eigenvalue weighted by atomic mass is 32.2. The van der Waals surface area contributed by atoms with E-state index in [2.05, 4.69) is 39.1 Å². The lowest BCUT2D eigenvalue weighted by atomic mass is 10.1. The van der Waals surface area contributed by atoms with Gasteiger partial charge in [-0.2, -0.15) is 0 Å². The van der Waals surface area contributed by atoms with Crippen molar-refractivity contribution >= 4 is 28.7 Å². The van der Waals surface area contributed by atoms with Crippen molar-refractivity contribution in [2.24, 2.45) is 0 Å². The number of carbonyl (C=O) groups excluding carboxylic acids is 1. The van der Waals surface area contributed by atoms with Crippen molar-refractivity contribution in [1.29, 1.82) is 0 Å². The summed E-state index contributed by atoms with van der Waals surface area (Å²) in [5.41, 5.74) is 5.04. The lowest BCUT2D eigenvalue weighted by Crippen LogP contribution is -2.22. The Balaban J connectivity index is 1.55. The SMILES string of the molecule is CCNC(=O)c1ccc(CSc2nc3ccncc3n2Cc2ccccc2)cc1. The molecule has 1 N–H and O–H groups in total. The first-order valence-corrected chi connectivity index (χ1v) is 10.6. The van der Waals surface area contributed by atoms with Crippen LogP contribution >= 0.6 is 11.8 Å². The van der Waals surface area contributed by atoms with E-state index < -0.39 is 0 Å². The zero-order valence-electron chi connectivity index (χ0n) is 16.2. The van der Waals surface area contributed by atoms with Crippen LogP contribution in [0.1, 0.15) is 28.4 Å². The van der Waals surface area contributed by atoms with Crippen molar-refractivity contribution in [3.63, 3.8) is 0 Å². The second-order valence-corrected chi connectivity index (χ2v) is 7.62. The topological polar surface area (TPSA) is 59.8 Å². The normalized spacial score (nSPS) is 10.9. The lowest BCUT2D eigenvalue weighted by molar-refractivity contribution is 0.0956. The fourth-order valence-electron chi connectivity index (χ4n) is 3.14. The highest BCUT2D eigenvalue weighted by molar-refractivity contribution is 7.98.